The maximum Gasteiger partial charge on any atom is 0.315 e. The molecule has 1 heterocycles. The molecule has 0 atom stereocenters. The van der Waals surface area contributed by atoms with Crippen LogP contribution in [0.15, 0.2) is 72.5 Å². The summed E-state index contributed by atoms with van der Waals surface area (Å²) in [5.41, 5.74) is 4.08. The van der Waals surface area contributed by atoms with Crippen molar-refractivity contribution in [3.05, 3.63) is 100 Å². The van der Waals surface area contributed by atoms with E-state index in [0.717, 1.165) is 16.7 Å². The van der Waals surface area contributed by atoms with Gasteiger partial charge in [-0.3, -0.25) is 9.59 Å². The molecule has 4 heteroatoms. The van der Waals surface area contributed by atoms with Gasteiger partial charge >= 0.3 is 5.97 Å². The van der Waals surface area contributed by atoms with Gasteiger partial charge in [0.05, 0.1) is 12.0 Å². The standard InChI is InChI=1S/C25H20O4/c1-16-8-6-7-11-19(16)14-22-25(27)24-17(2)12-20(15-21(24)29-22)28-23(26)13-18-9-4-3-5-10-18/h3-12,14-15H,13H2,1-2H3/b22-14-. The molecule has 4 nitrogen and oxygen atoms in total. The van der Waals surface area contributed by atoms with Gasteiger partial charge in [-0.2, -0.15) is 0 Å². The minimum Gasteiger partial charge on any atom is -0.452 e. The number of hydrogen-bond donors (Lipinski definition) is 0. The van der Waals surface area contributed by atoms with Gasteiger partial charge in [0.2, 0.25) is 5.78 Å². The molecular weight excluding hydrogens is 364 g/mol. The highest BCUT2D eigenvalue weighted by Crippen LogP contribution is 2.37. The first kappa shape index (κ1) is 18.7. The maximum atomic E-state index is 12.8. The second kappa shape index (κ2) is 7.76. The molecule has 1 aliphatic heterocycles. The van der Waals surface area contributed by atoms with Crippen molar-refractivity contribution in [2.75, 3.05) is 0 Å². The molecule has 0 radical (unpaired) electrons. The van der Waals surface area contributed by atoms with E-state index in [4.69, 9.17) is 9.47 Å². The number of ether oxygens (including phenoxy) is 2. The number of rotatable bonds is 4. The smallest absolute Gasteiger partial charge is 0.315 e. The Bertz CT molecular complexity index is 1130. The second-order valence-corrected chi connectivity index (χ2v) is 7.05. The number of aryl methyl sites for hydroxylation is 2. The van der Waals surface area contributed by atoms with E-state index in [2.05, 4.69) is 0 Å². The molecule has 0 saturated carbocycles. The van der Waals surface area contributed by atoms with E-state index >= 15 is 0 Å². The van der Waals surface area contributed by atoms with Crippen LogP contribution in [0.5, 0.6) is 11.5 Å². The number of carbonyl (C=O) groups is 2. The predicted molar refractivity (Wildman–Crippen MR) is 111 cm³/mol. The lowest BCUT2D eigenvalue weighted by Gasteiger charge is -2.08. The highest BCUT2D eigenvalue weighted by atomic mass is 16.5. The number of hydrogen-bond acceptors (Lipinski definition) is 4. The molecule has 4 rings (SSSR count). The summed E-state index contributed by atoms with van der Waals surface area (Å²) in [6.07, 6.45) is 1.92. The number of carbonyl (C=O) groups excluding carboxylic acids is 2. The van der Waals surface area contributed by atoms with E-state index in [1.165, 1.54) is 0 Å². The molecule has 1 aliphatic rings. The topological polar surface area (TPSA) is 52.6 Å². The van der Waals surface area contributed by atoms with E-state index in [9.17, 15) is 9.59 Å². The van der Waals surface area contributed by atoms with Gasteiger partial charge in [0.15, 0.2) is 5.76 Å². The summed E-state index contributed by atoms with van der Waals surface area (Å²) < 4.78 is 11.3. The van der Waals surface area contributed by atoms with Gasteiger partial charge in [0.25, 0.3) is 0 Å². The zero-order valence-corrected chi connectivity index (χ0v) is 16.3. The van der Waals surface area contributed by atoms with E-state index in [0.29, 0.717) is 22.6 Å². The van der Waals surface area contributed by atoms with Crippen molar-refractivity contribution in [2.45, 2.75) is 20.3 Å². The van der Waals surface area contributed by atoms with Crippen molar-refractivity contribution in [3.63, 3.8) is 0 Å². The Morgan fingerprint density at radius 1 is 0.966 bits per heavy atom. The molecule has 0 saturated heterocycles. The van der Waals surface area contributed by atoms with Gasteiger partial charge in [0, 0.05) is 6.07 Å². The summed E-state index contributed by atoms with van der Waals surface area (Å²) in [4.78, 5) is 25.1. The molecule has 144 valence electrons. The SMILES string of the molecule is Cc1ccccc1/C=C1\Oc2cc(OC(=O)Cc3ccccc3)cc(C)c2C1=O. The molecule has 3 aromatic rings. The monoisotopic (exact) mass is 384 g/mol. The van der Waals surface area contributed by atoms with Crippen molar-refractivity contribution in [1.29, 1.82) is 0 Å². The molecule has 0 aliphatic carbocycles. The average Bonchev–Trinajstić information content (AvgIpc) is 3.00. The molecule has 29 heavy (non-hydrogen) atoms. The fourth-order valence-electron chi connectivity index (χ4n) is 3.36. The molecule has 0 bridgehead atoms. The van der Waals surface area contributed by atoms with Gasteiger partial charge in [-0.1, -0.05) is 54.6 Å². The normalized spacial score (nSPS) is 13.9. The van der Waals surface area contributed by atoms with Crippen LogP contribution in [0.4, 0.5) is 0 Å². The summed E-state index contributed by atoms with van der Waals surface area (Å²) in [5, 5.41) is 0. The third-order valence-corrected chi connectivity index (χ3v) is 4.84. The van der Waals surface area contributed by atoms with Crippen LogP contribution in [0.1, 0.15) is 32.6 Å². The minimum atomic E-state index is -0.365. The van der Waals surface area contributed by atoms with Crippen LogP contribution in [0.3, 0.4) is 0 Å². The lowest BCUT2D eigenvalue weighted by molar-refractivity contribution is -0.133. The van der Waals surface area contributed by atoms with Crippen molar-refractivity contribution in [2.24, 2.45) is 0 Å². The van der Waals surface area contributed by atoms with E-state index in [1.807, 2.05) is 68.4 Å². The van der Waals surface area contributed by atoms with Crippen LogP contribution in [0.2, 0.25) is 0 Å². The maximum absolute atomic E-state index is 12.8. The molecule has 0 unspecified atom stereocenters. The van der Waals surface area contributed by atoms with Gasteiger partial charge < -0.3 is 9.47 Å². The zero-order valence-electron chi connectivity index (χ0n) is 16.3. The van der Waals surface area contributed by atoms with Crippen molar-refractivity contribution in [3.8, 4) is 11.5 Å². The van der Waals surface area contributed by atoms with Gasteiger partial charge in [-0.05, 0) is 48.2 Å². The Morgan fingerprint density at radius 3 is 2.45 bits per heavy atom. The fraction of sp³-hybridized carbons (Fsp3) is 0.120. The van der Waals surface area contributed by atoms with Crippen LogP contribution >= 0.6 is 0 Å². The highest BCUT2D eigenvalue weighted by molar-refractivity contribution is 6.15. The first-order valence-electron chi connectivity index (χ1n) is 9.40. The Morgan fingerprint density at radius 2 is 1.69 bits per heavy atom. The van der Waals surface area contributed by atoms with E-state index in [1.54, 1.807) is 18.2 Å². The van der Waals surface area contributed by atoms with E-state index in [-0.39, 0.29) is 23.9 Å². The van der Waals surface area contributed by atoms with Gasteiger partial charge in [-0.25, -0.2) is 0 Å². The second-order valence-electron chi connectivity index (χ2n) is 7.05. The Labute approximate surface area is 169 Å². The summed E-state index contributed by atoms with van der Waals surface area (Å²) in [5.74, 6) is 0.521. The number of fused-ring (bicyclic) bond motifs is 1. The molecule has 0 fully saturated rings. The van der Waals surface area contributed by atoms with Crippen LogP contribution < -0.4 is 9.47 Å². The average molecular weight is 384 g/mol. The molecular formula is C25H20O4. The highest BCUT2D eigenvalue weighted by Gasteiger charge is 2.30. The molecule has 0 spiro atoms. The Hall–Kier alpha value is -3.66. The zero-order chi connectivity index (χ0) is 20.4. The summed E-state index contributed by atoms with van der Waals surface area (Å²) in [7, 11) is 0. The lowest BCUT2D eigenvalue weighted by Crippen LogP contribution is -2.11. The van der Waals surface area contributed by atoms with Crippen molar-refractivity contribution < 1.29 is 19.1 Å². The number of esters is 1. The third-order valence-electron chi connectivity index (χ3n) is 4.84. The molecule has 0 N–H and O–H groups in total. The molecule has 0 aromatic heterocycles. The van der Waals surface area contributed by atoms with Crippen molar-refractivity contribution >= 4 is 17.8 Å². The largest absolute Gasteiger partial charge is 0.452 e. The first-order chi connectivity index (χ1) is 14.0. The van der Waals surface area contributed by atoms with Gasteiger partial charge in [-0.15, -0.1) is 0 Å². The van der Waals surface area contributed by atoms with E-state index < -0.39 is 0 Å². The predicted octanol–water partition coefficient (Wildman–Crippen LogP) is 5.07. The lowest BCUT2D eigenvalue weighted by atomic mass is 10.0. The Balaban J connectivity index is 1.56. The molecule has 0 amide bonds. The minimum absolute atomic E-state index is 0.164. The van der Waals surface area contributed by atoms with Crippen LogP contribution in [0, 0.1) is 13.8 Å². The Kier molecular flexibility index (Phi) is 5.00. The summed E-state index contributed by atoms with van der Waals surface area (Å²) in [6.45, 7) is 3.79. The van der Waals surface area contributed by atoms with Crippen molar-refractivity contribution in [1.82, 2.24) is 0 Å². The fourth-order valence-corrected chi connectivity index (χ4v) is 3.36. The first-order valence-corrected chi connectivity index (χ1v) is 9.40. The number of ketones is 1. The number of allylic oxidation sites excluding steroid dienone is 1. The number of benzene rings is 3. The van der Waals surface area contributed by atoms with Gasteiger partial charge in [0.1, 0.15) is 11.5 Å². The number of Topliss-reactive ketones (excluding diaryl/α,β-unsaturated/α-hetero) is 1. The summed E-state index contributed by atoms with van der Waals surface area (Å²) >= 11 is 0. The summed E-state index contributed by atoms with van der Waals surface area (Å²) in [6, 6.07) is 20.5. The molecule has 3 aromatic carbocycles. The van der Waals surface area contributed by atoms with Crippen LogP contribution in [-0.4, -0.2) is 11.8 Å². The van der Waals surface area contributed by atoms with Crippen LogP contribution in [0.25, 0.3) is 6.08 Å². The van der Waals surface area contributed by atoms with Crippen LogP contribution in [-0.2, 0) is 11.2 Å². The third kappa shape index (κ3) is 3.97. The quantitative estimate of drug-likeness (QED) is 0.358.